The summed E-state index contributed by atoms with van der Waals surface area (Å²) >= 11 is 5.99. The van der Waals surface area contributed by atoms with Crippen LogP contribution in [0.1, 0.15) is 44.6 Å². The minimum Gasteiger partial charge on any atom is -0.326 e. The van der Waals surface area contributed by atoms with Gasteiger partial charge in [0.25, 0.3) is 0 Å². The first-order chi connectivity index (χ1) is 8.15. The van der Waals surface area contributed by atoms with Crippen LogP contribution in [0, 0.1) is 6.92 Å². The van der Waals surface area contributed by atoms with E-state index in [1.54, 1.807) is 0 Å². The normalized spacial score (nSPS) is 10.3. The van der Waals surface area contributed by atoms with E-state index in [-0.39, 0.29) is 5.91 Å². The number of hydrogen-bond donors (Lipinski definition) is 1. The second-order valence-corrected chi connectivity index (χ2v) is 4.68. The molecule has 0 saturated heterocycles. The summed E-state index contributed by atoms with van der Waals surface area (Å²) in [5.41, 5.74) is 1.74. The van der Waals surface area contributed by atoms with E-state index in [2.05, 4.69) is 12.2 Å². The molecule has 0 saturated carbocycles. The van der Waals surface area contributed by atoms with Gasteiger partial charge in [0, 0.05) is 17.1 Å². The lowest BCUT2D eigenvalue weighted by molar-refractivity contribution is -0.116. The van der Waals surface area contributed by atoms with Crippen LogP contribution in [-0.2, 0) is 4.79 Å². The summed E-state index contributed by atoms with van der Waals surface area (Å²) in [5.74, 6) is 0.0754. The summed E-state index contributed by atoms with van der Waals surface area (Å²) in [4.78, 5) is 11.7. The van der Waals surface area contributed by atoms with Gasteiger partial charge < -0.3 is 5.32 Å². The van der Waals surface area contributed by atoms with Gasteiger partial charge in [0.15, 0.2) is 0 Å². The highest BCUT2D eigenvalue weighted by Crippen LogP contribution is 2.23. The Morgan fingerprint density at radius 1 is 1.29 bits per heavy atom. The Balaban J connectivity index is 2.43. The third kappa shape index (κ3) is 4.78. The first kappa shape index (κ1) is 14.0. The average molecular weight is 254 g/mol. The fraction of sp³-hybridized carbons (Fsp3) is 0.500. The molecule has 0 atom stereocenters. The zero-order valence-corrected chi connectivity index (χ0v) is 11.3. The lowest BCUT2D eigenvalue weighted by atomic mass is 10.1. The average Bonchev–Trinajstić information content (AvgIpc) is 2.31. The largest absolute Gasteiger partial charge is 0.326 e. The fourth-order valence-corrected chi connectivity index (χ4v) is 1.84. The molecule has 0 aliphatic carbocycles. The molecule has 1 rings (SSSR count). The van der Waals surface area contributed by atoms with E-state index < -0.39 is 0 Å². The number of hydrogen-bond acceptors (Lipinski definition) is 1. The lowest BCUT2D eigenvalue weighted by Crippen LogP contribution is -2.12. The van der Waals surface area contributed by atoms with E-state index in [0.29, 0.717) is 11.4 Å². The van der Waals surface area contributed by atoms with Crippen molar-refractivity contribution in [2.24, 2.45) is 0 Å². The van der Waals surface area contributed by atoms with E-state index in [9.17, 15) is 4.79 Å². The van der Waals surface area contributed by atoms with Crippen molar-refractivity contribution in [1.29, 1.82) is 0 Å². The van der Waals surface area contributed by atoms with Gasteiger partial charge in [-0.15, -0.1) is 0 Å². The third-order valence-corrected chi connectivity index (χ3v) is 3.21. The Morgan fingerprint density at radius 3 is 2.76 bits per heavy atom. The van der Waals surface area contributed by atoms with Gasteiger partial charge in [0.1, 0.15) is 0 Å². The van der Waals surface area contributed by atoms with Crippen molar-refractivity contribution in [2.75, 3.05) is 5.32 Å². The van der Waals surface area contributed by atoms with E-state index in [0.717, 1.165) is 24.1 Å². The third-order valence-electron chi connectivity index (χ3n) is 2.80. The number of unbranched alkanes of at least 4 members (excludes halogenated alkanes) is 3. The molecule has 1 aromatic carbocycles. The van der Waals surface area contributed by atoms with Gasteiger partial charge in [0.05, 0.1) is 0 Å². The molecule has 1 amide bonds. The Bertz CT molecular complexity index is 376. The number of anilines is 1. The summed E-state index contributed by atoms with van der Waals surface area (Å²) in [5, 5.41) is 3.59. The van der Waals surface area contributed by atoms with Gasteiger partial charge in [-0.1, -0.05) is 43.9 Å². The number of carbonyl (C=O) groups excluding carboxylic acids is 1. The van der Waals surface area contributed by atoms with Gasteiger partial charge >= 0.3 is 0 Å². The lowest BCUT2D eigenvalue weighted by Gasteiger charge is -2.09. The van der Waals surface area contributed by atoms with Crippen LogP contribution in [0.5, 0.6) is 0 Å². The number of nitrogens with one attached hydrogen (secondary N) is 1. The summed E-state index contributed by atoms with van der Waals surface area (Å²) in [6.45, 7) is 4.07. The summed E-state index contributed by atoms with van der Waals surface area (Å²) in [6.07, 6.45) is 5.06. The molecule has 0 heterocycles. The smallest absolute Gasteiger partial charge is 0.224 e. The standard InChI is InChI=1S/C14H20ClNO/c1-3-4-5-6-10-14(17)16-13-9-7-8-12(15)11(13)2/h7-9H,3-6,10H2,1-2H3,(H,16,17). The van der Waals surface area contributed by atoms with Gasteiger partial charge in [-0.3, -0.25) is 4.79 Å². The van der Waals surface area contributed by atoms with Crippen molar-refractivity contribution in [2.45, 2.75) is 46.0 Å². The molecular formula is C14H20ClNO. The Hall–Kier alpha value is -1.02. The molecule has 3 heteroatoms. The van der Waals surface area contributed by atoms with E-state index in [4.69, 9.17) is 11.6 Å². The maximum atomic E-state index is 11.7. The summed E-state index contributed by atoms with van der Waals surface area (Å²) in [7, 11) is 0. The number of halogens is 1. The number of carbonyl (C=O) groups is 1. The molecule has 94 valence electrons. The highest BCUT2D eigenvalue weighted by molar-refractivity contribution is 6.31. The zero-order valence-electron chi connectivity index (χ0n) is 10.6. The quantitative estimate of drug-likeness (QED) is 0.740. The van der Waals surface area contributed by atoms with Crippen molar-refractivity contribution in [3.63, 3.8) is 0 Å². The highest BCUT2D eigenvalue weighted by atomic mass is 35.5. The van der Waals surface area contributed by atoms with Crippen molar-refractivity contribution in [3.05, 3.63) is 28.8 Å². The van der Waals surface area contributed by atoms with Crippen LogP contribution in [0.25, 0.3) is 0 Å². The number of benzene rings is 1. The van der Waals surface area contributed by atoms with Crippen molar-refractivity contribution in [3.8, 4) is 0 Å². The van der Waals surface area contributed by atoms with Crippen LogP contribution in [0.4, 0.5) is 5.69 Å². The van der Waals surface area contributed by atoms with Crippen LogP contribution in [0.15, 0.2) is 18.2 Å². The molecule has 2 nitrogen and oxygen atoms in total. The van der Waals surface area contributed by atoms with Gasteiger partial charge in [-0.25, -0.2) is 0 Å². The number of rotatable bonds is 6. The first-order valence-corrected chi connectivity index (χ1v) is 6.58. The Morgan fingerprint density at radius 2 is 2.06 bits per heavy atom. The van der Waals surface area contributed by atoms with Crippen LogP contribution >= 0.6 is 11.6 Å². The van der Waals surface area contributed by atoms with Crippen LogP contribution in [0.2, 0.25) is 5.02 Å². The molecule has 0 radical (unpaired) electrons. The molecule has 0 bridgehead atoms. The molecule has 0 fully saturated rings. The second kappa shape index (κ2) is 7.33. The summed E-state index contributed by atoms with van der Waals surface area (Å²) < 4.78 is 0. The molecule has 0 aliphatic rings. The van der Waals surface area contributed by atoms with E-state index >= 15 is 0 Å². The Kier molecular flexibility index (Phi) is 6.06. The van der Waals surface area contributed by atoms with E-state index in [1.807, 2.05) is 25.1 Å². The molecule has 17 heavy (non-hydrogen) atoms. The molecule has 0 aromatic heterocycles. The molecular weight excluding hydrogens is 234 g/mol. The topological polar surface area (TPSA) is 29.1 Å². The predicted molar refractivity (Wildman–Crippen MR) is 73.6 cm³/mol. The van der Waals surface area contributed by atoms with Crippen LogP contribution < -0.4 is 5.32 Å². The monoisotopic (exact) mass is 253 g/mol. The maximum absolute atomic E-state index is 11.7. The molecule has 0 unspecified atom stereocenters. The minimum atomic E-state index is 0.0754. The second-order valence-electron chi connectivity index (χ2n) is 4.27. The minimum absolute atomic E-state index is 0.0754. The van der Waals surface area contributed by atoms with Gasteiger partial charge in [-0.2, -0.15) is 0 Å². The first-order valence-electron chi connectivity index (χ1n) is 6.20. The van der Waals surface area contributed by atoms with Gasteiger partial charge in [-0.05, 0) is 31.0 Å². The van der Waals surface area contributed by atoms with Gasteiger partial charge in [0.2, 0.25) is 5.91 Å². The van der Waals surface area contributed by atoms with Crippen molar-refractivity contribution >= 4 is 23.2 Å². The van der Waals surface area contributed by atoms with Crippen LogP contribution in [-0.4, -0.2) is 5.91 Å². The molecule has 1 N–H and O–H groups in total. The van der Waals surface area contributed by atoms with Crippen molar-refractivity contribution < 1.29 is 4.79 Å². The molecule has 1 aromatic rings. The predicted octanol–water partition coefficient (Wildman–Crippen LogP) is 4.56. The SMILES string of the molecule is CCCCCCC(=O)Nc1cccc(Cl)c1C. The fourth-order valence-electron chi connectivity index (χ4n) is 1.67. The number of amides is 1. The maximum Gasteiger partial charge on any atom is 0.224 e. The molecule has 0 aliphatic heterocycles. The Labute approximate surface area is 108 Å². The molecule has 0 spiro atoms. The van der Waals surface area contributed by atoms with E-state index in [1.165, 1.54) is 12.8 Å². The zero-order chi connectivity index (χ0) is 12.7. The summed E-state index contributed by atoms with van der Waals surface area (Å²) in [6, 6.07) is 5.56. The highest BCUT2D eigenvalue weighted by Gasteiger charge is 2.06. The van der Waals surface area contributed by atoms with Crippen LogP contribution in [0.3, 0.4) is 0 Å². The van der Waals surface area contributed by atoms with Crippen molar-refractivity contribution in [1.82, 2.24) is 0 Å².